The Labute approximate surface area is 124 Å². The number of hydrogen-bond donors (Lipinski definition) is 1. The molecule has 2 heteroatoms. The monoisotopic (exact) mass is 285 g/mol. The van der Waals surface area contributed by atoms with Crippen LogP contribution >= 0.6 is 7.92 Å². The lowest BCUT2D eigenvalue weighted by molar-refractivity contribution is 0.343. The molecule has 2 aromatic rings. The Morgan fingerprint density at radius 3 is 1.60 bits per heavy atom. The Kier molecular flexibility index (Phi) is 4.96. The summed E-state index contributed by atoms with van der Waals surface area (Å²) in [5, 5.41) is 2.82. The predicted octanol–water partition coefficient (Wildman–Crippen LogP) is 3.49. The molecule has 0 saturated heterocycles. The van der Waals surface area contributed by atoms with Crippen LogP contribution < -0.4 is 16.3 Å². The Bertz CT molecular complexity index is 477. The van der Waals surface area contributed by atoms with Crippen LogP contribution in [0.25, 0.3) is 0 Å². The van der Waals surface area contributed by atoms with Gasteiger partial charge in [0.25, 0.3) is 0 Å². The second kappa shape index (κ2) is 6.52. The van der Waals surface area contributed by atoms with Gasteiger partial charge in [0.15, 0.2) is 0 Å². The molecule has 0 spiro atoms. The van der Waals surface area contributed by atoms with Gasteiger partial charge >= 0.3 is 0 Å². The van der Waals surface area contributed by atoms with E-state index in [0.717, 1.165) is 6.16 Å². The zero-order valence-corrected chi connectivity index (χ0v) is 13.5. The molecular formula is C18H24NP. The molecule has 0 saturated carbocycles. The Morgan fingerprint density at radius 1 is 0.850 bits per heavy atom. The minimum absolute atomic E-state index is 0.143. The highest BCUT2D eigenvalue weighted by Crippen LogP contribution is 2.37. The molecule has 0 radical (unpaired) electrons. The van der Waals surface area contributed by atoms with Crippen molar-refractivity contribution in [3.05, 3.63) is 60.7 Å². The first-order valence-corrected chi connectivity index (χ1v) is 8.64. The summed E-state index contributed by atoms with van der Waals surface area (Å²) in [4.78, 5) is 0. The summed E-state index contributed by atoms with van der Waals surface area (Å²) in [6.07, 6.45) is 1.03. The SMILES string of the molecule is CC(C)(C)[C@H](N)CP(c1ccccc1)c1ccccc1. The predicted molar refractivity (Wildman–Crippen MR) is 91.4 cm³/mol. The second-order valence-electron chi connectivity index (χ2n) is 6.25. The molecule has 0 unspecified atom stereocenters. The quantitative estimate of drug-likeness (QED) is 0.855. The lowest BCUT2D eigenvalue weighted by atomic mass is 9.89. The highest BCUT2D eigenvalue weighted by molar-refractivity contribution is 7.73. The van der Waals surface area contributed by atoms with Crippen LogP contribution in [0.5, 0.6) is 0 Å². The molecule has 0 bridgehead atoms. The Morgan fingerprint density at radius 2 is 1.25 bits per heavy atom. The molecular weight excluding hydrogens is 261 g/mol. The van der Waals surface area contributed by atoms with Gasteiger partial charge in [-0.3, -0.25) is 0 Å². The molecule has 0 aliphatic heterocycles. The van der Waals surface area contributed by atoms with Crippen LogP contribution in [-0.4, -0.2) is 12.2 Å². The van der Waals surface area contributed by atoms with Crippen LogP contribution in [0.3, 0.4) is 0 Å². The summed E-state index contributed by atoms with van der Waals surface area (Å²) in [6, 6.07) is 21.8. The van der Waals surface area contributed by atoms with Crippen molar-refractivity contribution in [2.45, 2.75) is 26.8 Å². The highest BCUT2D eigenvalue weighted by Gasteiger charge is 2.25. The Balaban J connectivity index is 2.31. The zero-order chi connectivity index (χ0) is 14.6. The topological polar surface area (TPSA) is 26.0 Å². The van der Waals surface area contributed by atoms with Crippen molar-refractivity contribution in [2.75, 3.05) is 6.16 Å². The smallest absolute Gasteiger partial charge is 0.0133 e. The lowest BCUT2D eigenvalue weighted by Crippen LogP contribution is -2.39. The summed E-state index contributed by atoms with van der Waals surface area (Å²) >= 11 is 0. The molecule has 2 N–H and O–H groups in total. The third-order valence-corrected chi connectivity index (χ3v) is 6.23. The summed E-state index contributed by atoms with van der Waals surface area (Å²) in [5.74, 6) is 0. The van der Waals surface area contributed by atoms with E-state index in [4.69, 9.17) is 5.73 Å². The minimum Gasteiger partial charge on any atom is -0.327 e. The summed E-state index contributed by atoms with van der Waals surface area (Å²) in [7, 11) is -0.380. The van der Waals surface area contributed by atoms with E-state index < -0.39 is 0 Å². The summed E-state index contributed by atoms with van der Waals surface area (Å²) < 4.78 is 0. The first-order chi connectivity index (χ1) is 9.48. The average Bonchev–Trinajstić information content (AvgIpc) is 2.45. The van der Waals surface area contributed by atoms with Crippen molar-refractivity contribution in [2.24, 2.45) is 11.1 Å². The van der Waals surface area contributed by atoms with E-state index in [9.17, 15) is 0 Å². The van der Waals surface area contributed by atoms with Gasteiger partial charge < -0.3 is 5.73 Å². The summed E-state index contributed by atoms with van der Waals surface area (Å²) in [5.41, 5.74) is 6.59. The van der Waals surface area contributed by atoms with Crippen molar-refractivity contribution in [3.8, 4) is 0 Å². The number of nitrogens with two attached hydrogens (primary N) is 1. The van der Waals surface area contributed by atoms with Crippen LogP contribution in [-0.2, 0) is 0 Å². The van der Waals surface area contributed by atoms with Crippen molar-refractivity contribution in [1.82, 2.24) is 0 Å². The van der Waals surface area contributed by atoms with Gasteiger partial charge in [0.05, 0.1) is 0 Å². The fraction of sp³-hybridized carbons (Fsp3) is 0.333. The normalized spacial score (nSPS) is 13.4. The van der Waals surface area contributed by atoms with Gasteiger partial charge in [0.1, 0.15) is 0 Å². The number of benzene rings is 2. The molecule has 0 aliphatic carbocycles. The molecule has 0 aromatic heterocycles. The van der Waals surface area contributed by atoms with Gasteiger partial charge in [-0.15, -0.1) is 0 Å². The van der Waals surface area contributed by atoms with Crippen LogP contribution in [0, 0.1) is 5.41 Å². The molecule has 106 valence electrons. The third-order valence-electron chi connectivity index (χ3n) is 3.63. The van der Waals surface area contributed by atoms with Gasteiger partial charge in [-0.1, -0.05) is 81.4 Å². The van der Waals surface area contributed by atoms with Gasteiger partial charge in [-0.05, 0) is 30.1 Å². The molecule has 0 aliphatic rings. The van der Waals surface area contributed by atoms with E-state index in [1.54, 1.807) is 0 Å². The van der Waals surface area contributed by atoms with Gasteiger partial charge in [-0.2, -0.15) is 0 Å². The fourth-order valence-electron chi connectivity index (χ4n) is 2.05. The molecule has 2 aromatic carbocycles. The van der Waals surface area contributed by atoms with Crippen molar-refractivity contribution in [3.63, 3.8) is 0 Å². The van der Waals surface area contributed by atoms with Crippen molar-refractivity contribution < 1.29 is 0 Å². The molecule has 2 rings (SSSR count). The average molecular weight is 285 g/mol. The van der Waals surface area contributed by atoms with Gasteiger partial charge in [0.2, 0.25) is 0 Å². The van der Waals surface area contributed by atoms with Crippen LogP contribution in [0.15, 0.2) is 60.7 Å². The Hall–Kier alpha value is -1.17. The molecule has 0 amide bonds. The van der Waals surface area contributed by atoms with Gasteiger partial charge in [-0.25, -0.2) is 0 Å². The highest BCUT2D eigenvalue weighted by atomic mass is 31.1. The van der Waals surface area contributed by atoms with Gasteiger partial charge in [0, 0.05) is 6.04 Å². The maximum Gasteiger partial charge on any atom is 0.0133 e. The third kappa shape index (κ3) is 3.91. The van der Waals surface area contributed by atoms with E-state index >= 15 is 0 Å². The van der Waals surface area contributed by atoms with E-state index in [1.165, 1.54) is 10.6 Å². The van der Waals surface area contributed by atoms with E-state index in [-0.39, 0.29) is 19.4 Å². The number of rotatable bonds is 4. The van der Waals surface area contributed by atoms with Crippen molar-refractivity contribution >= 4 is 18.5 Å². The van der Waals surface area contributed by atoms with Crippen molar-refractivity contribution in [1.29, 1.82) is 0 Å². The molecule has 20 heavy (non-hydrogen) atoms. The maximum absolute atomic E-state index is 6.44. The lowest BCUT2D eigenvalue weighted by Gasteiger charge is -2.31. The maximum atomic E-state index is 6.44. The van der Waals surface area contributed by atoms with Crippen LogP contribution in [0.4, 0.5) is 0 Å². The molecule has 0 fully saturated rings. The fourth-order valence-corrected chi connectivity index (χ4v) is 4.77. The van der Waals surface area contributed by atoms with Crippen LogP contribution in [0.1, 0.15) is 20.8 Å². The standard InChI is InChI=1S/C18H24NP/c1-18(2,3)17(19)14-20(15-10-6-4-7-11-15)16-12-8-5-9-13-16/h4-13,17H,14,19H2,1-3H3/t17-/m1/s1. The molecule has 1 nitrogen and oxygen atoms in total. The largest absolute Gasteiger partial charge is 0.327 e. The first kappa shape index (κ1) is 15.2. The zero-order valence-electron chi connectivity index (χ0n) is 12.6. The van der Waals surface area contributed by atoms with Crippen LogP contribution in [0.2, 0.25) is 0 Å². The second-order valence-corrected chi connectivity index (χ2v) is 8.51. The molecule has 1 atom stereocenters. The van der Waals surface area contributed by atoms with E-state index in [0.29, 0.717) is 0 Å². The van der Waals surface area contributed by atoms with E-state index in [2.05, 4.69) is 81.4 Å². The number of hydrogen-bond acceptors (Lipinski definition) is 1. The first-order valence-electron chi connectivity index (χ1n) is 7.12. The van der Waals surface area contributed by atoms with E-state index in [1.807, 2.05) is 0 Å². The summed E-state index contributed by atoms with van der Waals surface area (Å²) in [6.45, 7) is 6.67. The minimum atomic E-state index is -0.380. The molecule has 0 heterocycles.